The highest BCUT2D eigenvalue weighted by Gasteiger charge is 2.31. The van der Waals surface area contributed by atoms with Crippen LogP contribution < -0.4 is 15.4 Å². The number of carboxylic acids is 1. The van der Waals surface area contributed by atoms with Gasteiger partial charge in [0.15, 0.2) is 0 Å². The maximum absolute atomic E-state index is 12.0. The Morgan fingerprint density at radius 2 is 1.88 bits per heavy atom. The quantitative estimate of drug-likeness (QED) is 0.744. The maximum atomic E-state index is 12.0. The minimum atomic E-state index is -0.960. The number of benzene rings is 2. The van der Waals surface area contributed by atoms with Crippen molar-refractivity contribution in [1.82, 2.24) is 10.6 Å². The molecule has 1 aliphatic carbocycles. The molecule has 0 aromatic heterocycles. The van der Waals surface area contributed by atoms with Gasteiger partial charge in [-0.1, -0.05) is 24.3 Å². The zero-order valence-corrected chi connectivity index (χ0v) is 14.6. The van der Waals surface area contributed by atoms with Gasteiger partial charge in [0.2, 0.25) is 0 Å². The van der Waals surface area contributed by atoms with Gasteiger partial charge in [-0.2, -0.15) is 0 Å². The summed E-state index contributed by atoms with van der Waals surface area (Å²) in [6, 6.07) is 14.5. The topological polar surface area (TPSA) is 87.7 Å². The molecule has 0 unspecified atom stereocenters. The molecule has 0 aliphatic heterocycles. The van der Waals surface area contributed by atoms with Crippen LogP contribution in [0.5, 0.6) is 5.75 Å². The fourth-order valence-corrected chi connectivity index (χ4v) is 3.09. The third-order valence-corrected chi connectivity index (χ3v) is 4.69. The van der Waals surface area contributed by atoms with Crippen molar-refractivity contribution in [1.29, 1.82) is 0 Å². The minimum absolute atomic E-state index is 0.167. The van der Waals surface area contributed by atoms with E-state index in [4.69, 9.17) is 9.84 Å². The molecule has 1 aliphatic rings. The van der Waals surface area contributed by atoms with Crippen molar-refractivity contribution in [3.05, 3.63) is 65.2 Å². The molecule has 0 radical (unpaired) electrons. The summed E-state index contributed by atoms with van der Waals surface area (Å²) in [5, 5.41) is 14.6. The lowest BCUT2D eigenvalue weighted by atomic mass is 9.76. The molecule has 2 amide bonds. The lowest BCUT2D eigenvalue weighted by Crippen LogP contribution is -2.47. The van der Waals surface area contributed by atoms with E-state index < -0.39 is 5.97 Å². The Bertz CT molecular complexity index is 783. The molecule has 3 N–H and O–H groups in total. The Hall–Kier alpha value is -3.02. The van der Waals surface area contributed by atoms with Crippen molar-refractivity contribution in [3.63, 3.8) is 0 Å². The van der Waals surface area contributed by atoms with Crippen LogP contribution in [-0.4, -0.2) is 30.3 Å². The SMILES string of the molecule is COc1cccc(C2CC(NC(=O)NCc3ccc(C(=O)O)cc3)C2)c1. The van der Waals surface area contributed by atoms with Crippen molar-refractivity contribution in [2.24, 2.45) is 0 Å². The Morgan fingerprint density at radius 3 is 2.54 bits per heavy atom. The fourth-order valence-electron chi connectivity index (χ4n) is 3.09. The first-order chi connectivity index (χ1) is 12.5. The van der Waals surface area contributed by atoms with Gasteiger partial charge in [0.25, 0.3) is 0 Å². The van der Waals surface area contributed by atoms with E-state index >= 15 is 0 Å². The monoisotopic (exact) mass is 354 g/mol. The summed E-state index contributed by atoms with van der Waals surface area (Å²) in [4.78, 5) is 22.8. The van der Waals surface area contributed by atoms with E-state index in [9.17, 15) is 9.59 Å². The molecule has 26 heavy (non-hydrogen) atoms. The van der Waals surface area contributed by atoms with Crippen LogP contribution in [-0.2, 0) is 6.54 Å². The largest absolute Gasteiger partial charge is 0.497 e. The number of hydrogen-bond donors (Lipinski definition) is 3. The molecule has 0 atom stereocenters. The summed E-state index contributed by atoms with van der Waals surface area (Å²) in [5.74, 6) is 0.336. The average molecular weight is 354 g/mol. The summed E-state index contributed by atoms with van der Waals surface area (Å²) in [6.07, 6.45) is 1.82. The Labute approximate surface area is 152 Å². The summed E-state index contributed by atoms with van der Waals surface area (Å²) in [6.45, 7) is 0.359. The molecular weight excluding hydrogens is 332 g/mol. The van der Waals surface area contributed by atoms with E-state index in [1.807, 2.05) is 18.2 Å². The van der Waals surface area contributed by atoms with Crippen LogP contribution in [0.2, 0.25) is 0 Å². The van der Waals surface area contributed by atoms with Crippen molar-refractivity contribution >= 4 is 12.0 Å². The number of nitrogens with one attached hydrogen (secondary N) is 2. The third-order valence-electron chi connectivity index (χ3n) is 4.69. The number of rotatable bonds is 6. The predicted molar refractivity (Wildman–Crippen MR) is 97.5 cm³/mol. The van der Waals surface area contributed by atoms with Crippen molar-refractivity contribution in [2.75, 3.05) is 7.11 Å². The molecule has 1 fully saturated rings. The number of hydrogen-bond acceptors (Lipinski definition) is 3. The van der Waals surface area contributed by atoms with Gasteiger partial charge in [-0.15, -0.1) is 0 Å². The molecule has 0 saturated heterocycles. The molecule has 0 heterocycles. The molecule has 6 heteroatoms. The predicted octanol–water partition coefficient (Wildman–Crippen LogP) is 3.14. The van der Waals surface area contributed by atoms with Gasteiger partial charge in [-0.25, -0.2) is 9.59 Å². The Morgan fingerprint density at radius 1 is 1.15 bits per heavy atom. The van der Waals surface area contributed by atoms with Gasteiger partial charge in [0, 0.05) is 12.6 Å². The van der Waals surface area contributed by atoms with E-state index in [0.29, 0.717) is 12.5 Å². The van der Waals surface area contributed by atoms with Crippen molar-refractivity contribution in [3.8, 4) is 5.75 Å². The zero-order chi connectivity index (χ0) is 18.5. The highest BCUT2D eigenvalue weighted by atomic mass is 16.5. The third kappa shape index (κ3) is 4.33. The first kappa shape index (κ1) is 17.8. The first-order valence-corrected chi connectivity index (χ1v) is 8.55. The molecular formula is C20H22N2O4. The smallest absolute Gasteiger partial charge is 0.335 e. The summed E-state index contributed by atoms with van der Waals surface area (Å²) < 4.78 is 5.25. The fraction of sp³-hybridized carbons (Fsp3) is 0.300. The van der Waals surface area contributed by atoms with Gasteiger partial charge in [-0.05, 0) is 54.2 Å². The second-order valence-electron chi connectivity index (χ2n) is 6.47. The lowest BCUT2D eigenvalue weighted by Gasteiger charge is -2.36. The van der Waals surface area contributed by atoms with Gasteiger partial charge < -0.3 is 20.5 Å². The highest BCUT2D eigenvalue weighted by Crippen LogP contribution is 2.37. The number of amides is 2. The Balaban J connectivity index is 1.41. The van der Waals surface area contributed by atoms with Crippen molar-refractivity contribution < 1.29 is 19.4 Å². The number of carbonyl (C=O) groups is 2. The Kier molecular flexibility index (Phi) is 5.41. The van der Waals surface area contributed by atoms with Crippen LogP contribution in [0.25, 0.3) is 0 Å². The summed E-state index contributed by atoms with van der Waals surface area (Å²) in [7, 11) is 1.66. The first-order valence-electron chi connectivity index (χ1n) is 8.55. The molecule has 6 nitrogen and oxygen atoms in total. The molecule has 0 bridgehead atoms. The van der Waals surface area contributed by atoms with E-state index in [2.05, 4.69) is 16.7 Å². The van der Waals surface area contributed by atoms with Gasteiger partial charge in [0.05, 0.1) is 12.7 Å². The molecule has 0 spiro atoms. The van der Waals surface area contributed by atoms with Crippen LogP contribution in [0.15, 0.2) is 48.5 Å². The van der Waals surface area contributed by atoms with Crippen LogP contribution in [0.1, 0.15) is 40.2 Å². The number of aromatic carboxylic acids is 1. The van der Waals surface area contributed by atoms with Gasteiger partial charge >= 0.3 is 12.0 Å². The van der Waals surface area contributed by atoms with E-state index in [0.717, 1.165) is 24.2 Å². The van der Waals surface area contributed by atoms with E-state index in [-0.39, 0.29) is 17.6 Å². The summed E-state index contributed by atoms with van der Waals surface area (Å²) >= 11 is 0. The molecule has 2 aromatic rings. The van der Waals surface area contributed by atoms with E-state index in [1.54, 1.807) is 19.2 Å². The van der Waals surface area contributed by atoms with Crippen LogP contribution in [0.4, 0.5) is 4.79 Å². The molecule has 136 valence electrons. The van der Waals surface area contributed by atoms with E-state index in [1.165, 1.54) is 17.7 Å². The average Bonchev–Trinajstić information content (AvgIpc) is 2.63. The van der Waals surface area contributed by atoms with Crippen LogP contribution in [0, 0.1) is 0 Å². The number of urea groups is 1. The van der Waals surface area contributed by atoms with Gasteiger partial charge in [0.1, 0.15) is 5.75 Å². The molecule has 1 saturated carbocycles. The highest BCUT2D eigenvalue weighted by molar-refractivity contribution is 5.87. The number of methoxy groups -OCH3 is 1. The minimum Gasteiger partial charge on any atom is -0.497 e. The molecule has 2 aromatic carbocycles. The second-order valence-corrected chi connectivity index (χ2v) is 6.47. The number of carboxylic acid groups (broad SMARTS) is 1. The lowest BCUT2D eigenvalue weighted by molar-refractivity contribution is 0.0697. The van der Waals surface area contributed by atoms with Crippen LogP contribution in [0.3, 0.4) is 0 Å². The number of ether oxygens (including phenoxy) is 1. The summed E-state index contributed by atoms with van der Waals surface area (Å²) in [5.41, 5.74) is 2.32. The maximum Gasteiger partial charge on any atom is 0.335 e. The number of carbonyl (C=O) groups excluding carboxylic acids is 1. The second kappa shape index (κ2) is 7.91. The standard InChI is InChI=1S/C20H22N2O4/c1-26-18-4-2-3-15(11-18)16-9-17(10-16)22-20(25)21-12-13-5-7-14(8-6-13)19(23)24/h2-8,11,16-17H,9-10,12H2,1H3,(H,23,24)(H2,21,22,25). The zero-order valence-electron chi connectivity index (χ0n) is 14.6. The normalized spacial score (nSPS) is 18.5. The van der Waals surface area contributed by atoms with Crippen molar-refractivity contribution in [2.45, 2.75) is 31.3 Å². The van der Waals surface area contributed by atoms with Crippen LogP contribution >= 0.6 is 0 Å². The van der Waals surface area contributed by atoms with Gasteiger partial charge in [-0.3, -0.25) is 0 Å². The molecule has 3 rings (SSSR count).